The first-order valence-electron chi connectivity index (χ1n) is 6.32. The van der Waals surface area contributed by atoms with Gasteiger partial charge in [-0.25, -0.2) is 12.8 Å². The number of halogens is 4. The lowest BCUT2D eigenvalue weighted by molar-refractivity contribution is -0.135. The van der Waals surface area contributed by atoms with E-state index >= 15 is 0 Å². The van der Waals surface area contributed by atoms with Gasteiger partial charge >= 0.3 is 6.18 Å². The largest absolute Gasteiger partial charge is 0.389 e. The molecule has 1 N–H and O–H groups in total. The predicted molar refractivity (Wildman–Crippen MR) is 72.5 cm³/mol. The van der Waals surface area contributed by atoms with E-state index in [9.17, 15) is 26.0 Å². The maximum atomic E-state index is 13.6. The van der Waals surface area contributed by atoms with Crippen LogP contribution >= 0.6 is 0 Å². The molecule has 0 heterocycles. The summed E-state index contributed by atoms with van der Waals surface area (Å²) in [6.07, 6.45) is -3.99. The van der Waals surface area contributed by atoms with E-state index in [1.165, 1.54) is 0 Å². The van der Waals surface area contributed by atoms with E-state index in [2.05, 4.69) is 5.32 Å². The summed E-state index contributed by atoms with van der Waals surface area (Å²) >= 11 is 0. The lowest BCUT2D eigenvalue weighted by Gasteiger charge is -2.17. The van der Waals surface area contributed by atoms with Gasteiger partial charge in [0.1, 0.15) is 5.82 Å². The molecule has 21 heavy (non-hydrogen) atoms. The van der Waals surface area contributed by atoms with Gasteiger partial charge < -0.3 is 5.32 Å². The molecule has 3 nitrogen and oxygen atoms in total. The van der Waals surface area contributed by atoms with Crippen LogP contribution in [0.5, 0.6) is 0 Å². The van der Waals surface area contributed by atoms with E-state index in [1.807, 2.05) is 0 Å². The Bertz CT molecular complexity index is 584. The molecule has 120 valence electrons. The average Bonchev–Trinajstić information content (AvgIpc) is 2.28. The summed E-state index contributed by atoms with van der Waals surface area (Å²) < 4.78 is 72.5. The van der Waals surface area contributed by atoms with Crippen LogP contribution in [0.25, 0.3) is 0 Å². The van der Waals surface area contributed by atoms with Crippen LogP contribution in [0.3, 0.4) is 0 Å². The quantitative estimate of drug-likeness (QED) is 0.639. The van der Waals surface area contributed by atoms with Crippen molar-refractivity contribution in [1.82, 2.24) is 0 Å². The maximum Gasteiger partial charge on any atom is 0.389 e. The first kappa shape index (κ1) is 17.7. The maximum absolute atomic E-state index is 13.6. The number of sulfone groups is 1. The van der Waals surface area contributed by atoms with Crippen LogP contribution in [0.4, 0.5) is 23.2 Å². The number of hydrogen-bond acceptors (Lipinski definition) is 3. The van der Waals surface area contributed by atoms with Gasteiger partial charge in [0.05, 0.1) is 10.6 Å². The minimum Gasteiger partial charge on any atom is -0.380 e. The van der Waals surface area contributed by atoms with Crippen LogP contribution in [0.2, 0.25) is 0 Å². The summed E-state index contributed by atoms with van der Waals surface area (Å²) in [7, 11) is -3.47. The van der Waals surface area contributed by atoms with Crippen molar-refractivity contribution >= 4 is 15.5 Å². The Morgan fingerprint density at radius 3 is 2.43 bits per heavy atom. The second kappa shape index (κ2) is 6.64. The zero-order chi connectivity index (χ0) is 16.3. The van der Waals surface area contributed by atoms with E-state index in [-0.39, 0.29) is 23.4 Å². The minimum absolute atomic E-state index is 0.0302. The lowest BCUT2D eigenvalue weighted by Crippen LogP contribution is -2.18. The van der Waals surface area contributed by atoms with Crippen LogP contribution in [-0.2, 0) is 9.84 Å². The fraction of sp³-hybridized carbons (Fsp3) is 0.538. The van der Waals surface area contributed by atoms with E-state index in [0.29, 0.717) is 0 Å². The van der Waals surface area contributed by atoms with Crippen LogP contribution in [0, 0.1) is 5.82 Å². The number of hydrogen-bond donors (Lipinski definition) is 1. The van der Waals surface area contributed by atoms with Crippen molar-refractivity contribution in [2.24, 2.45) is 0 Å². The highest BCUT2D eigenvalue weighted by Gasteiger charge is 2.26. The van der Waals surface area contributed by atoms with Crippen molar-refractivity contribution in [3.63, 3.8) is 0 Å². The second-order valence-corrected chi connectivity index (χ2v) is 6.98. The van der Waals surface area contributed by atoms with Crippen molar-refractivity contribution in [1.29, 1.82) is 0 Å². The molecule has 0 saturated heterocycles. The molecule has 0 amide bonds. The predicted octanol–water partition coefficient (Wildman–Crippen LogP) is 3.76. The molecule has 0 bridgehead atoms. The molecule has 1 atom stereocenters. The van der Waals surface area contributed by atoms with Crippen LogP contribution in [0.15, 0.2) is 23.1 Å². The first-order valence-corrected chi connectivity index (χ1v) is 8.21. The number of benzene rings is 1. The third-order valence-electron chi connectivity index (χ3n) is 2.87. The van der Waals surface area contributed by atoms with Gasteiger partial charge in [0.2, 0.25) is 0 Å². The molecule has 0 aliphatic carbocycles. The van der Waals surface area contributed by atoms with Crippen molar-refractivity contribution in [2.45, 2.75) is 43.3 Å². The SMILES string of the molecule is CC(CCCC(F)(F)F)Nc1cc(S(C)(=O)=O)ccc1F. The third kappa shape index (κ3) is 6.33. The van der Waals surface area contributed by atoms with Crippen molar-refractivity contribution in [3.8, 4) is 0 Å². The Morgan fingerprint density at radius 1 is 1.29 bits per heavy atom. The van der Waals surface area contributed by atoms with Gasteiger partial charge in [-0.3, -0.25) is 0 Å². The zero-order valence-electron chi connectivity index (χ0n) is 11.7. The summed E-state index contributed by atoms with van der Waals surface area (Å²) in [5.41, 5.74) is -0.0302. The third-order valence-corrected chi connectivity index (χ3v) is 3.98. The van der Waals surface area contributed by atoms with Crippen molar-refractivity contribution in [2.75, 3.05) is 11.6 Å². The summed E-state index contributed by atoms with van der Waals surface area (Å²) in [5, 5.41) is 2.70. The molecule has 1 rings (SSSR count). The van der Waals surface area contributed by atoms with E-state index in [0.717, 1.165) is 24.5 Å². The Balaban J connectivity index is 2.70. The normalized spacial score (nSPS) is 14.0. The van der Waals surface area contributed by atoms with Crippen molar-refractivity contribution < 1.29 is 26.0 Å². The molecule has 0 aromatic heterocycles. The summed E-state index contributed by atoms with van der Waals surface area (Å²) in [6, 6.07) is 2.90. The highest BCUT2D eigenvalue weighted by atomic mass is 32.2. The molecule has 0 aliphatic heterocycles. The summed E-state index contributed by atoms with van der Waals surface area (Å²) in [4.78, 5) is -0.0473. The van der Waals surface area contributed by atoms with Gasteiger partial charge in [-0.05, 0) is 38.0 Å². The molecule has 0 fully saturated rings. The van der Waals surface area contributed by atoms with E-state index < -0.39 is 34.3 Å². The van der Waals surface area contributed by atoms with Crippen LogP contribution in [-0.4, -0.2) is 26.9 Å². The second-order valence-electron chi connectivity index (χ2n) is 4.97. The van der Waals surface area contributed by atoms with Gasteiger partial charge in [-0.1, -0.05) is 0 Å². The number of rotatable bonds is 6. The lowest BCUT2D eigenvalue weighted by atomic mass is 10.1. The molecule has 1 aromatic rings. The van der Waals surface area contributed by atoms with Crippen molar-refractivity contribution in [3.05, 3.63) is 24.0 Å². The first-order chi connectivity index (χ1) is 9.49. The molecular weight excluding hydrogens is 310 g/mol. The molecule has 0 aliphatic rings. The molecular formula is C13H17F4NO2S. The Hall–Kier alpha value is -1.31. The fourth-order valence-corrected chi connectivity index (χ4v) is 2.44. The number of alkyl halides is 3. The highest BCUT2D eigenvalue weighted by Crippen LogP contribution is 2.24. The van der Waals surface area contributed by atoms with Gasteiger partial charge in [0, 0.05) is 18.7 Å². The monoisotopic (exact) mass is 327 g/mol. The summed E-state index contributed by atoms with van der Waals surface area (Å²) in [6.45, 7) is 1.61. The van der Waals surface area contributed by atoms with Crippen LogP contribution in [0.1, 0.15) is 26.2 Å². The van der Waals surface area contributed by atoms with E-state index in [1.54, 1.807) is 6.92 Å². The topological polar surface area (TPSA) is 46.2 Å². The molecule has 1 unspecified atom stereocenters. The summed E-state index contributed by atoms with van der Waals surface area (Å²) in [5.74, 6) is -0.648. The Kier molecular flexibility index (Phi) is 5.61. The fourth-order valence-electron chi connectivity index (χ4n) is 1.79. The molecule has 0 spiro atoms. The standard InChI is InChI=1S/C13H17F4NO2S/c1-9(4-3-7-13(15,16)17)18-12-8-10(21(2,19)20)5-6-11(12)14/h5-6,8-9,18H,3-4,7H2,1-2H3. The van der Waals surface area contributed by atoms with Gasteiger partial charge in [0.15, 0.2) is 9.84 Å². The number of nitrogens with one attached hydrogen (secondary N) is 1. The van der Waals surface area contributed by atoms with E-state index in [4.69, 9.17) is 0 Å². The smallest absolute Gasteiger partial charge is 0.380 e. The van der Waals surface area contributed by atoms with Gasteiger partial charge in [0.25, 0.3) is 0 Å². The Morgan fingerprint density at radius 2 is 1.90 bits per heavy atom. The average molecular weight is 327 g/mol. The van der Waals surface area contributed by atoms with Gasteiger partial charge in [-0.15, -0.1) is 0 Å². The molecule has 8 heteroatoms. The molecule has 0 radical (unpaired) electrons. The highest BCUT2D eigenvalue weighted by molar-refractivity contribution is 7.90. The van der Waals surface area contributed by atoms with Gasteiger partial charge in [-0.2, -0.15) is 13.2 Å². The molecule has 1 aromatic carbocycles. The zero-order valence-corrected chi connectivity index (χ0v) is 12.5. The number of anilines is 1. The Labute approximate surface area is 121 Å². The molecule has 0 saturated carbocycles. The minimum atomic E-state index is -4.21. The van der Waals surface area contributed by atoms with Crippen LogP contribution < -0.4 is 5.32 Å².